The van der Waals surface area contributed by atoms with E-state index in [9.17, 15) is 9.59 Å². The highest BCUT2D eigenvalue weighted by Crippen LogP contribution is 2.18. The highest BCUT2D eigenvalue weighted by atomic mass is 32.2. The molecule has 1 aromatic heterocycles. The Morgan fingerprint density at radius 2 is 1.90 bits per heavy atom. The summed E-state index contributed by atoms with van der Waals surface area (Å²) in [6.45, 7) is 2.25. The Morgan fingerprint density at radius 3 is 2.66 bits per heavy atom. The van der Waals surface area contributed by atoms with Crippen molar-refractivity contribution >= 4 is 29.3 Å². The van der Waals surface area contributed by atoms with E-state index in [1.807, 2.05) is 31.2 Å². The largest absolute Gasteiger partial charge is 0.486 e. The molecule has 0 aliphatic heterocycles. The van der Waals surface area contributed by atoms with Gasteiger partial charge in [-0.2, -0.15) is 0 Å². The number of anilines is 1. The minimum Gasteiger partial charge on any atom is -0.486 e. The molecule has 8 nitrogen and oxygen atoms in total. The van der Waals surface area contributed by atoms with Crippen LogP contribution in [-0.2, 0) is 16.1 Å². The molecule has 1 heterocycles. The molecule has 0 radical (unpaired) electrons. The number of benzene rings is 2. The lowest BCUT2D eigenvalue weighted by Gasteiger charge is -2.08. The topological polar surface area (TPSA) is 106 Å². The molecular weight excluding hydrogens is 392 g/mol. The summed E-state index contributed by atoms with van der Waals surface area (Å²) >= 11 is 1.17. The van der Waals surface area contributed by atoms with Gasteiger partial charge in [0.1, 0.15) is 12.4 Å². The summed E-state index contributed by atoms with van der Waals surface area (Å²) in [6.07, 6.45) is 0. The second kappa shape index (κ2) is 9.74. The van der Waals surface area contributed by atoms with Crippen molar-refractivity contribution in [1.29, 1.82) is 0 Å². The molecule has 0 unspecified atom stereocenters. The maximum absolute atomic E-state index is 12.2. The van der Waals surface area contributed by atoms with E-state index in [2.05, 4.69) is 20.5 Å². The lowest BCUT2D eigenvalue weighted by molar-refractivity contribution is -0.113. The van der Waals surface area contributed by atoms with Gasteiger partial charge in [0.15, 0.2) is 5.82 Å². The fourth-order valence-corrected chi connectivity index (χ4v) is 3.01. The number of amides is 1. The number of esters is 1. The number of thioether (sulfide) groups is 1. The van der Waals surface area contributed by atoms with Gasteiger partial charge in [0.2, 0.25) is 11.1 Å². The third-order valence-corrected chi connectivity index (χ3v) is 4.69. The Labute approximate surface area is 172 Å². The summed E-state index contributed by atoms with van der Waals surface area (Å²) < 4.78 is 10.4. The molecule has 0 aliphatic carbocycles. The van der Waals surface area contributed by atoms with Crippen LogP contribution < -0.4 is 10.1 Å². The Bertz CT molecular complexity index is 988. The van der Waals surface area contributed by atoms with Crippen molar-refractivity contribution in [2.45, 2.75) is 18.7 Å². The van der Waals surface area contributed by atoms with Crippen LogP contribution in [0.15, 0.2) is 53.7 Å². The van der Waals surface area contributed by atoms with Crippen LogP contribution >= 0.6 is 11.8 Å². The van der Waals surface area contributed by atoms with Gasteiger partial charge >= 0.3 is 5.97 Å². The smallest absolute Gasteiger partial charge is 0.339 e. The van der Waals surface area contributed by atoms with E-state index in [4.69, 9.17) is 9.47 Å². The maximum atomic E-state index is 12.2. The molecule has 0 saturated carbocycles. The molecule has 0 saturated heterocycles. The molecule has 29 heavy (non-hydrogen) atoms. The quantitative estimate of drug-likeness (QED) is 0.432. The van der Waals surface area contributed by atoms with Crippen LogP contribution in [0.1, 0.15) is 21.7 Å². The number of rotatable bonds is 8. The number of carbonyl (C=O) groups excluding carboxylic acids is 2. The average molecular weight is 412 g/mol. The van der Waals surface area contributed by atoms with Crippen LogP contribution in [0.2, 0.25) is 0 Å². The van der Waals surface area contributed by atoms with Crippen molar-refractivity contribution in [3.8, 4) is 5.75 Å². The molecule has 3 aromatic rings. The highest BCUT2D eigenvalue weighted by molar-refractivity contribution is 7.99. The van der Waals surface area contributed by atoms with Crippen molar-refractivity contribution in [3.63, 3.8) is 0 Å². The second-order valence-electron chi connectivity index (χ2n) is 6.04. The number of ether oxygens (including phenoxy) is 2. The van der Waals surface area contributed by atoms with Crippen LogP contribution in [0.25, 0.3) is 0 Å². The number of methoxy groups -OCH3 is 1. The van der Waals surface area contributed by atoms with Crippen molar-refractivity contribution in [3.05, 3.63) is 65.5 Å². The number of aromatic nitrogens is 3. The average Bonchev–Trinajstić information content (AvgIpc) is 3.19. The van der Waals surface area contributed by atoms with Crippen molar-refractivity contribution in [2.24, 2.45) is 0 Å². The summed E-state index contributed by atoms with van der Waals surface area (Å²) in [5.41, 5.74) is 1.84. The van der Waals surface area contributed by atoms with Gasteiger partial charge in [-0.05, 0) is 31.2 Å². The molecule has 150 valence electrons. The standard InChI is InChI=1S/C20H20N4O4S/c1-13-7-9-14(10-8-13)28-11-17-22-20(24-23-17)29-12-18(25)21-16-6-4-3-5-15(16)19(26)27-2/h3-10H,11-12H2,1-2H3,(H,21,25)(H,22,23,24). The van der Waals surface area contributed by atoms with E-state index >= 15 is 0 Å². The number of hydrogen-bond acceptors (Lipinski definition) is 7. The van der Waals surface area contributed by atoms with Gasteiger partial charge in [-0.25, -0.2) is 9.78 Å². The zero-order chi connectivity index (χ0) is 20.6. The van der Waals surface area contributed by atoms with Crippen molar-refractivity contribution in [1.82, 2.24) is 15.2 Å². The number of nitrogens with zero attached hydrogens (tertiary/aromatic N) is 2. The summed E-state index contributed by atoms with van der Waals surface area (Å²) in [5.74, 6) is 0.592. The van der Waals surface area contributed by atoms with E-state index < -0.39 is 5.97 Å². The van der Waals surface area contributed by atoms with Crippen molar-refractivity contribution < 1.29 is 19.1 Å². The van der Waals surface area contributed by atoms with Crippen molar-refractivity contribution in [2.75, 3.05) is 18.2 Å². The summed E-state index contributed by atoms with van der Waals surface area (Å²) in [5, 5.41) is 10.0. The number of carbonyl (C=O) groups is 2. The first-order chi connectivity index (χ1) is 14.0. The first-order valence-electron chi connectivity index (χ1n) is 8.76. The second-order valence-corrected chi connectivity index (χ2v) is 6.98. The van der Waals surface area contributed by atoms with E-state index in [0.29, 0.717) is 22.2 Å². The van der Waals surface area contributed by atoms with Gasteiger partial charge in [-0.1, -0.05) is 41.6 Å². The number of aromatic amines is 1. The number of nitrogens with one attached hydrogen (secondary N) is 2. The molecule has 0 bridgehead atoms. The van der Waals surface area contributed by atoms with E-state index in [0.717, 1.165) is 11.3 Å². The normalized spacial score (nSPS) is 10.4. The molecule has 2 aromatic carbocycles. The Kier molecular flexibility index (Phi) is 6.85. The summed E-state index contributed by atoms with van der Waals surface area (Å²) in [7, 11) is 1.29. The fourth-order valence-electron chi connectivity index (χ4n) is 2.39. The molecule has 2 N–H and O–H groups in total. The molecule has 1 amide bonds. The number of aryl methyl sites for hydroxylation is 1. The van der Waals surface area contributed by atoms with Gasteiger partial charge < -0.3 is 14.8 Å². The number of para-hydroxylation sites is 1. The van der Waals surface area contributed by atoms with Gasteiger partial charge in [0.25, 0.3) is 0 Å². The zero-order valence-corrected chi connectivity index (χ0v) is 16.8. The minimum atomic E-state index is -0.513. The van der Waals surface area contributed by atoms with E-state index in [1.54, 1.807) is 24.3 Å². The van der Waals surface area contributed by atoms with Crippen LogP contribution in [0.5, 0.6) is 5.75 Å². The Balaban J connectivity index is 1.50. The van der Waals surface area contributed by atoms with Crippen LogP contribution in [-0.4, -0.2) is 39.9 Å². The van der Waals surface area contributed by atoms with E-state index in [1.165, 1.54) is 18.9 Å². The predicted molar refractivity (Wildman–Crippen MR) is 109 cm³/mol. The van der Waals surface area contributed by atoms with E-state index in [-0.39, 0.29) is 18.3 Å². The highest BCUT2D eigenvalue weighted by Gasteiger charge is 2.14. The lowest BCUT2D eigenvalue weighted by atomic mass is 10.2. The lowest BCUT2D eigenvalue weighted by Crippen LogP contribution is -2.17. The fraction of sp³-hybridized carbons (Fsp3) is 0.200. The third kappa shape index (κ3) is 5.82. The summed E-state index contributed by atoms with van der Waals surface area (Å²) in [4.78, 5) is 28.3. The zero-order valence-electron chi connectivity index (χ0n) is 16.0. The summed E-state index contributed by atoms with van der Waals surface area (Å²) in [6, 6.07) is 14.4. The third-order valence-electron chi connectivity index (χ3n) is 3.85. The molecule has 9 heteroatoms. The molecule has 0 fully saturated rings. The first-order valence-corrected chi connectivity index (χ1v) is 9.74. The van der Waals surface area contributed by atoms with Crippen LogP contribution in [0.4, 0.5) is 5.69 Å². The first kappa shape index (κ1) is 20.4. The number of H-pyrrole nitrogens is 1. The van der Waals surface area contributed by atoms with Crippen LogP contribution in [0, 0.1) is 6.92 Å². The molecular formula is C20H20N4O4S. The van der Waals surface area contributed by atoms with Gasteiger partial charge in [0, 0.05) is 0 Å². The Hall–Kier alpha value is -3.33. The SMILES string of the molecule is COC(=O)c1ccccc1NC(=O)CSc1n[nH]c(COc2ccc(C)cc2)n1. The number of hydrogen-bond donors (Lipinski definition) is 2. The van der Waals surface area contributed by atoms with Gasteiger partial charge in [-0.15, -0.1) is 5.10 Å². The molecule has 0 atom stereocenters. The predicted octanol–water partition coefficient (Wildman–Crippen LogP) is 3.21. The van der Waals surface area contributed by atoms with Gasteiger partial charge in [0.05, 0.1) is 24.1 Å². The molecule has 0 spiro atoms. The minimum absolute atomic E-state index is 0.0889. The maximum Gasteiger partial charge on any atom is 0.339 e. The monoisotopic (exact) mass is 412 g/mol. The van der Waals surface area contributed by atoms with Gasteiger partial charge in [-0.3, -0.25) is 9.89 Å². The Morgan fingerprint density at radius 1 is 1.14 bits per heavy atom. The molecule has 0 aliphatic rings. The molecule has 3 rings (SSSR count). The van der Waals surface area contributed by atoms with Crippen LogP contribution in [0.3, 0.4) is 0 Å².